The summed E-state index contributed by atoms with van der Waals surface area (Å²) in [5.41, 5.74) is 0.686. The lowest BCUT2D eigenvalue weighted by Crippen LogP contribution is -2.27. The first kappa shape index (κ1) is 12.1. The monoisotopic (exact) mass is 247 g/mol. The molecule has 0 amide bonds. The summed E-state index contributed by atoms with van der Waals surface area (Å²) in [6, 6.07) is 4.56. The molecule has 1 N–H and O–H groups in total. The van der Waals surface area contributed by atoms with Crippen molar-refractivity contribution in [3.05, 3.63) is 28.2 Å². The number of anilines is 1. The molecule has 0 saturated carbocycles. The second kappa shape index (κ2) is 5.24. The van der Waals surface area contributed by atoms with Crippen LogP contribution in [0.4, 0.5) is 5.69 Å². The zero-order chi connectivity index (χ0) is 11.4. The van der Waals surface area contributed by atoms with E-state index in [2.05, 4.69) is 10.1 Å². The van der Waals surface area contributed by atoms with Crippen molar-refractivity contribution in [3.8, 4) is 0 Å². The molecule has 0 aliphatic heterocycles. The van der Waals surface area contributed by atoms with E-state index in [0.717, 1.165) is 0 Å². The van der Waals surface area contributed by atoms with Gasteiger partial charge >= 0.3 is 5.97 Å². The Hall–Kier alpha value is -0.930. The SMILES string of the molecule is COC(=O)C(C)Nc1cc(Cl)cc(Cl)c1. The topological polar surface area (TPSA) is 38.3 Å². The number of carbonyl (C=O) groups excluding carboxylic acids is 1. The molecule has 0 aromatic heterocycles. The number of benzene rings is 1. The van der Waals surface area contributed by atoms with E-state index in [0.29, 0.717) is 15.7 Å². The van der Waals surface area contributed by atoms with Gasteiger partial charge in [0.2, 0.25) is 0 Å². The molecular formula is C10H11Cl2NO2. The fraction of sp³-hybridized carbons (Fsp3) is 0.300. The number of ether oxygens (including phenoxy) is 1. The first-order valence-electron chi connectivity index (χ1n) is 4.33. The molecule has 1 atom stereocenters. The fourth-order valence-electron chi connectivity index (χ4n) is 1.12. The van der Waals surface area contributed by atoms with Gasteiger partial charge in [-0.25, -0.2) is 4.79 Å². The fourth-order valence-corrected chi connectivity index (χ4v) is 1.65. The third-order valence-electron chi connectivity index (χ3n) is 1.80. The van der Waals surface area contributed by atoms with Crippen LogP contribution in [0.15, 0.2) is 18.2 Å². The highest BCUT2D eigenvalue weighted by atomic mass is 35.5. The molecule has 0 heterocycles. The summed E-state index contributed by atoms with van der Waals surface area (Å²) in [7, 11) is 1.34. The van der Waals surface area contributed by atoms with Crippen molar-refractivity contribution >= 4 is 34.9 Å². The predicted octanol–water partition coefficient (Wildman–Crippen LogP) is 2.97. The minimum Gasteiger partial charge on any atom is -0.467 e. The average Bonchev–Trinajstić information content (AvgIpc) is 2.14. The Morgan fingerprint density at radius 2 is 1.87 bits per heavy atom. The van der Waals surface area contributed by atoms with Crippen molar-refractivity contribution in [1.29, 1.82) is 0 Å². The van der Waals surface area contributed by atoms with Crippen LogP contribution < -0.4 is 5.32 Å². The van der Waals surface area contributed by atoms with Crippen LogP contribution in [0.5, 0.6) is 0 Å². The zero-order valence-electron chi connectivity index (χ0n) is 8.38. The van der Waals surface area contributed by atoms with Gasteiger partial charge in [-0.15, -0.1) is 0 Å². The first-order valence-corrected chi connectivity index (χ1v) is 5.09. The second-order valence-electron chi connectivity index (χ2n) is 3.05. The summed E-state index contributed by atoms with van der Waals surface area (Å²) < 4.78 is 4.58. The lowest BCUT2D eigenvalue weighted by Gasteiger charge is -2.13. The van der Waals surface area contributed by atoms with Gasteiger partial charge in [-0.2, -0.15) is 0 Å². The molecule has 3 nitrogen and oxygen atoms in total. The Bertz CT molecular complexity index is 348. The smallest absolute Gasteiger partial charge is 0.327 e. The van der Waals surface area contributed by atoms with Gasteiger partial charge < -0.3 is 10.1 Å². The van der Waals surface area contributed by atoms with E-state index in [1.165, 1.54) is 7.11 Å². The number of hydrogen-bond donors (Lipinski definition) is 1. The number of halogens is 2. The Labute approximate surface area is 98.3 Å². The molecule has 5 heteroatoms. The number of methoxy groups -OCH3 is 1. The van der Waals surface area contributed by atoms with E-state index in [1.807, 2.05) is 0 Å². The summed E-state index contributed by atoms with van der Waals surface area (Å²) in [6.07, 6.45) is 0. The van der Waals surface area contributed by atoms with Crippen molar-refractivity contribution in [2.75, 3.05) is 12.4 Å². The molecule has 0 spiro atoms. The van der Waals surface area contributed by atoms with E-state index >= 15 is 0 Å². The van der Waals surface area contributed by atoms with Crippen molar-refractivity contribution in [2.45, 2.75) is 13.0 Å². The van der Waals surface area contributed by atoms with Crippen LogP contribution in [0.25, 0.3) is 0 Å². The standard InChI is InChI=1S/C10H11Cl2NO2/c1-6(10(14)15-2)13-9-4-7(11)3-8(12)5-9/h3-6,13H,1-2H3. The van der Waals surface area contributed by atoms with Crippen molar-refractivity contribution in [3.63, 3.8) is 0 Å². The van der Waals surface area contributed by atoms with E-state index in [1.54, 1.807) is 25.1 Å². The van der Waals surface area contributed by atoms with Gasteiger partial charge in [-0.1, -0.05) is 23.2 Å². The molecule has 0 fully saturated rings. The van der Waals surface area contributed by atoms with Crippen LogP contribution in [-0.4, -0.2) is 19.1 Å². The van der Waals surface area contributed by atoms with Gasteiger partial charge in [-0.05, 0) is 25.1 Å². The number of hydrogen-bond acceptors (Lipinski definition) is 3. The molecule has 82 valence electrons. The Balaban J connectivity index is 2.76. The number of nitrogens with one attached hydrogen (secondary N) is 1. The molecule has 0 aliphatic carbocycles. The Morgan fingerprint density at radius 1 is 1.33 bits per heavy atom. The van der Waals surface area contributed by atoms with E-state index in [9.17, 15) is 4.79 Å². The van der Waals surface area contributed by atoms with Crippen LogP contribution in [0.2, 0.25) is 10.0 Å². The molecule has 0 saturated heterocycles. The van der Waals surface area contributed by atoms with E-state index in [-0.39, 0.29) is 5.97 Å². The quantitative estimate of drug-likeness (QED) is 0.835. The molecule has 1 aromatic rings. The lowest BCUT2D eigenvalue weighted by molar-refractivity contribution is -0.141. The van der Waals surface area contributed by atoms with Crippen molar-refractivity contribution < 1.29 is 9.53 Å². The highest BCUT2D eigenvalue weighted by molar-refractivity contribution is 6.35. The molecular weight excluding hydrogens is 237 g/mol. The Kier molecular flexibility index (Phi) is 4.24. The van der Waals surface area contributed by atoms with Crippen molar-refractivity contribution in [2.24, 2.45) is 0 Å². The summed E-state index contributed by atoms with van der Waals surface area (Å²) in [5, 5.41) is 3.96. The van der Waals surface area contributed by atoms with Crippen LogP contribution in [-0.2, 0) is 9.53 Å². The minimum absolute atomic E-state index is 0.342. The third kappa shape index (κ3) is 3.61. The molecule has 0 radical (unpaired) electrons. The Morgan fingerprint density at radius 3 is 2.33 bits per heavy atom. The largest absolute Gasteiger partial charge is 0.467 e. The second-order valence-corrected chi connectivity index (χ2v) is 3.92. The summed E-state index contributed by atoms with van der Waals surface area (Å²) in [6.45, 7) is 1.70. The van der Waals surface area contributed by atoms with Crippen LogP contribution >= 0.6 is 23.2 Å². The van der Waals surface area contributed by atoms with Crippen LogP contribution in [0, 0.1) is 0 Å². The third-order valence-corrected chi connectivity index (χ3v) is 2.24. The van der Waals surface area contributed by atoms with Gasteiger partial charge in [0.25, 0.3) is 0 Å². The van der Waals surface area contributed by atoms with Gasteiger partial charge in [0.1, 0.15) is 6.04 Å². The lowest BCUT2D eigenvalue weighted by atomic mass is 10.2. The zero-order valence-corrected chi connectivity index (χ0v) is 9.89. The summed E-state index contributed by atoms with van der Waals surface area (Å²) >= 11 is 11.6. The minimum atomic E-state index is -0.440. The molecule has 0 bridgehead atoms. The highest BCUT2D eigenvalue weighted by Gasteiger charge is 2.12. The highest BCUT2D eigenvalue weighted by Crippen LogP contribution is 2.22. The van der Waals surface area contributed by atoms with Gasteiger partial charge in [0.05, 0.1) is 7.11 Å². The molecule has 1 aromatic carbocycles. The normalized spacial score (nSPS) is 12.0. The van der Waals surface area contributed by atoms with Crippen LogP contribution in [0.1, 0.15) is 6.92 Å². The van der Waals surface area contributed by atoms with Crippen molar-refractivity contribution in [1.82, 2.24) is 0 Å². The van der Waals surface area contributed by atoms with Gasteiger partial charge in [0, 0.05) is 15.7 Å². The van der Waals surface area contributed by atoms with Gasteiger partial charge in [0.15, 0.2) is 0 Å². The molecule has 1 rings (SSSR count). The number of carbonyl (C=O) groups is 1. The first-order chi connectivity index (χ1) is 7.02. The predicted molar refractivity (Wildman–Crippen MR) is 61.6 cm³/mol. The maximum atomic E-state index is 11.1. The number of rotatable bonds is 3. The number of esters is 1. The maximum Gasteiger partial charge on any atom is 0.327 e. The van der Waals surface area contributed by atoms with Gasteiger partial charge in [-0.3, -0.25) is 0 Å². The molecule has 1 unspecified atom stereocenters. The maximum absolute atomic E-state index is 11.1. The average molecular weight is 248 g/mol. The van der Waals surface area contributed by atoms with E-state index in [4.69, 9.17) is 23.2 Å². The summed E-state index contributed by atoms with van der Waals surface area (Å²) in [5.74, 6) is -0.342. The molecule has 0 aliphatic rings. The van der Waals surface area contributed by atoms with Crippen LogP contribution in [0.3, 0.4) is 0 Å². The molecule has 15 heavy (non-hydrogen) atoms. The van der Waals surface area contributed by atoms with E-state index < -0.39 is 6.04 Å². The summed E-state index contributed by atoms with van der Waals surface area (Å²) in [4.78, 5) is 11.1.